The van der Waals surface area contributed by atoms with Crippen molar-refractivity contribution in [2.45, 2.75) is 44.4 Å². The SMILES string of the molecule is CCCCCCN1C(=O)C(C#N)=C(C)/C(=C\c2ccc(SC)cc2)C1=O. The lowest BCUT2D eigenvalue weighted by Gasteiger charge is -2.27. The molecule has 0 unspecified atom stereocenters. The quantitative estimate of drug-likeness (QED) is 0.306. The van der Waals surface area contributed by atoms with Gasteiger partial charge in [-0.15, -0.1) is 11.8 Å². The lowest BCUT2D eigenvalue weighted by molar-refractivity contribution is -0.140. The molecule has 0 aromatic heterocycles. The van der Waals surface area contributed by atoms with Crippen molar-refractivity contribution in [1.29, 1.82) is 5.26 Å². The predicted molar refractivity (Wildman–Crippen MR) is 105 cm³/mol. The molecule has 0 saturated heterocycles. The van der Waals surface area contributed by atoms with Crippen molar-refractivity contribution < 1.29 is 9.59 Å². The number of unbranched alkanes of at least 4 members (excludes halogenated alkanes) is 3. The van der Waals surface area contributed by atoms with E-state index in [0.717, 1.165) is 36.1 Å². The summed E-state index contributed by atoms with van der Waals surface area (Å²) in [7, 11) is 0. The van der Waals surface area contributed by atoms with E-state index in [1.165, 1.54) is 4.90 Å². The first-order valence-electron chi connectivity index (χ1n) is 8.86. The lowest BCUT2D eigenvalue weighted by Crippen LogP contribution is -2.43. The lowest BCUT2D eigenvalue weighted by atomic mass is 9.93. The molecule has 0 fully saturated rings. The van der Waals surface area contributed by atoms with E-state index in [-0.39, 0.29) is 11.5 Å². The fourth-order valence-corrected chi connectivity index (χ4v) is 3.30. The highest BCUT2D eigenvalue weighted by molar-refractivity contribution is 7.98. The molecule has 0 radical (unpaired) electrons. The number of thioether (sulfide) groups is 1. The Bertz CT molecular complexity index is 785. The Hall–Kier alpha value is -2.32. The second-order valence-electron chi connectivity index (χ2n) is 6.27. The normalized spacial score (nSPS) is 16.4. The van der Waals surface area contributed by atoms with Crippen LogP contribution in [0, 0.1) is 11.3 Å². The zero-order valence-corrected chi connectivity index (χ0v) is 16.4. The van der Waals surface area contributed by atoms with Crippen molar-refractivity contribution in [3.8, 4) is 6.07 Å². The molecule has 0 N–H and O–H groups in total. The third-order valence-electron chi connectivity index (χ3n) is 4.49. The summed E-state index contributed by atoms with van der Waals surface area (Å²) < 4.78 is 0. The largest absolute Gasteiger partial charge is 0.274 e. The average Bonchev–Trinajstić information content (AvgIpc) is 2.65. The van der Waals surface area contributed by atoms with E-state index in [1.807, 2.05) is 36.6 Å². The molecule has 0 saturated carbocycles. The van der Waals surface area contributed by atoms with Crippen LogP contribution in [-0.4, -0.2) is 29.5 Å². The van der Waals surface area contributed by atoms with Gasteiger partial charge in [0.05, 0.1) is 0 Å². The van der Waals surface area contributed by atoms with Crippen molar-refractivity contribution in [1.82, 2.24) is 4.90 Å². The van der Waals surface area contributed by atoms with Crippen molar-refractivity contribution in [2.24, 2.45) is 0 Å². The van der Waals surface area contributed by atoms with Gasteiger partial charge in [-0.05, 0) is 48.9 Å². The molecule has 4 nitrogen and oxygen atoms in total. The summed E-state index contributed by atoms with van der Waals surface area (Å²) in [6.07, 6.45) is 7.66. The van der Waals surface area contributed by atoms with Crippen LogP contribution >= 0.6 is 11.8 Å². The number of hydrogen-bond acceptors (Lipinski definition) is 4. The summed E-state index contributed by atoms with van der Waals surface area (Å²) in [6, 6.07) is 9.83. The van der Waals surface area contributed by atoms with Gasteiger partial charge in [0.1, 0.15) is 11.6 Å². The molecule has 1 aromatic rings. The summed E-state index contributed by atoms with van der Waals surface area (Å²) in [5.74, 6) is -0.779. The Morgan fingerprint density at radius 2 is 1.81 bits per heavy atom. The molecular formula is C21H24N2O2S. The van der Waals surface area contributed by atoms with Crippen molar-refractivity contribution in [3.05, 3.63) is 46.5 Å². The van der Waals surface area contributed by atoms with Crippen LogP contribution < -0.4 is 0 Å². The third kappa shape index (κ3) is 4.44. The first-order chi connectivity index (χ1) is 12.5. The van der Waals surface area contributed by atoms with Crippen LogP contribution in [0.2, 0.25) is 0 Å². The zero-order chi connectivity index (χ0) is 19.1. The second kappa shape index (κ2) is 9.40. The Morgan fingerprint density at radius 1 is 1.12 bits per heavy atom. The van der Waals surface area contributed by atoms with Crippen LogP contribution in [0.3, 0.4) is 0 Å². The first kappa shape index (κ1) is 20.0. The third-order valence-corrected chi connectivity index (χ3v) is 5.23. The minimum atomic E-state index is -0.471. The van der Waals surface area contributed by atoms with Crippen LogP contribution in [-0.2, 0) is 9.59 Å². The summed E-state index contributed by atoms with van der Waals surface area (Å²) in [4.78, 5) is 27.8. The molecule has 1 aliphatic heterocycles. The smallest absolute Gasteiger partial charge is 0.271 e. The van der Waals surface area contributed by atoms with Crippen molar-refractivity contribution in [3.63, 3.8) is 0 Å². The Labute approximate surface area is 159 Å². The van der Waals surface area contributed by atoms with Gasteiger partial charge in [-0.3, -0.25) is 14.5 Å². The van der Waals surface area contributed by atoms with E-state index in [2.05, 4.69) is 6.92 Å². The molecule has 2 amide bonds. The summed E-state index contributed by atoms with van der Waals surface area (Å²) in [5.41, 5.74) is 1.82. The maximum Gasteiger partial charge on any atom is 0.271 e. The van der Waals surface area contributed by atoms with Gasteiger partial charge in [-0.25, -0.2) is 0 Å². The number of amides is 2. The Kier molecular flexibility index (Phi) is 7.23. The fourth-order valence-electron chi connectivity index (χ4n) is 2.90. The van der Waals surface area contributed by atoms with Crippen LogP contribution in [0.5, 0.6) is 0 Å². The number of carbonyl (C=O) groups excluding carboxylic acids is 2. The minimum Gasteiger partial charge on any atom is -0.274 e. The second-order valence-corrected chi connectivity index (χ2v) is 7.15. The number of hydrogen-bond donors (Lipinski definition) is 0. The van der Waals surface area contributed by atoms with Gasteiger partial charge in [0.25, 0.3) is 11.8 Å². The van der Waals surface area contributed by atoms with Crippen LogP contribution in [0.25, 0.3) is 6.08 Å². The van der Waals surface area contributed by atoms with E-state index >= 15 is 0 Å². The van der Waals surface area contributed by atoms with Crippen LogP contribution in [0.4, 0.5) is 0 Å². The van der Waals surface area contributed by atoms with E-state index in [9.17, 15) is 14.9 Å². The Morgan fingerprint density at radius 3 is 2.38 bits per heavy atom. The van der Waals surface area contributed by atoms with Gasteiger partial charge < -0.3 is 0 Å². The maximum atomic E-state index is 12.9. The van der Waals surface area contributed by atoms with Crippen molar-refractivity contribution >= 4 is 29.7 Å². The van der Waals surface area contributed by atoms with E-state index in [1.54, 1.807) is 24.8 Å². The first-order valence-corrected chi connectivity index (χ1v) is 10.1. The molecule has 0 bridgehead atoms. The number of imide groups is 1. The number of rotatable bonds is 7. The average molecular weight is 369 g/mol. The number of benzene rings is 1. The van der Waals surface area contributed by atoms with Crippen LogP contribution in [0.1, 0.15) is 45.1 Å². The van der Waals surface area contributed by atoms with Crippen molar-refractivity contribution in [2.75, 3.05) is 12.8 Å². The highest BCUT2D eigenvalue weighted by Crippen LogP contribution is 2.27. The molecule has 0 spiro atoms. The summed E-state index contributed by atoms with van der Waals surface area (Å²) >= 11 is 1.65. The zero-order valence-electron chi connectivity index (χ0n) is 15.5. The molecule has 1 aliphatic rings. The summed E-state index contributed by atoms with van der Waals surface area (Å²) in [6.45, 7) is 4.14. The fraction of sp³-hybridized carbons (Fsp3) is 0.381. The highest BCUT2D eigenvalue weighted by Gasteiger charge is 2.34. The molecule has 1 heterocycles. The molecule has 2 rings (SSSR count). The van der Waals surface area contributed by atoms with E-state index in [0.29, 0.717) is 17.7 Å². The van der Waals surface area contributed by atoms with Gasteiger partial charge in [-0.1, -0.05) is 38.3 Å². The number of nitriles is 1. The molecule has 1 aromatic carbocycles. The topological polar surface area (TPSA) is 61.2 Å². The van der Waals surface area contributed by atoms with E-state index in [4.69, 9.17) is 0 Å². The molecule has 136 valence electrons. The summed E-state index contributed by atoms with van der Waals surface area (Å²) in [5, 5.41) is 9.40. The highest BCUT2D eigenvalue weighted by atomic mass is 32.2. The molecular weight excluding hydrogens is 344 g/mol. The Balaban J connectivity index is 2.35. The predicted octanol–water partition coefficient (Wildman–Crippen LogP) is 4.58. The molecule has 5 heteroatoms. The number of carbonyl (C=O) groups is 2. The minimum absolute atomic E-state index is 0.0621. The van der Waals surface area contributed by atoms with E-state index < -0.39 is 5.91 Å². The standard InChI is InChI=1S/C21H24N2O2S/c1-4-5-6-7-12-23-20(24)18(15(2)19(14-22)21(23)25)13-16-8-10-17(26-3)11-9-16/h8-11,13H,4-7,12H2,1-3H3/b18-13+. The van der Waals surface area contributed by atoms with Gasteiger partial charge in [0.2, 0.25) is 0 Å². The molecule has 26 heavy (non-hydrogen) atoms. The van der Waals surface area contributed by atoms with Gasteiger partial charge >= 0.3 is 0 Å². The molecule has 0 atom stereocenters. The maximum absolute atomic E-state index is 12.9. The van der Waals surface area contributed by atoms with Crippen LogP contribution in [0.15, 0.2) is 45.9 Å². The molecule has 0 aliphatic carbocycles. The van der Waals surface area contributed by atoms with Gasteiger partial charge in [0, 0.05) is 17.0 Å². The monoisotopic (exact) mass is 368 g/mol. The number of nitrogens with zero attached hydrogens (tertiary/aromatic N) is 2. The van der Waals surface area contributed by atoms with Gasteiger partial charge in [-0.2, -0.15) is 5.26 Å². The van der Waals surface area contributed by atoms with Gasteiger partial charge in [0.15, 0.2) is 0 Å².